The Morgan fingerprint density at radius 2 is 1.03 bits per heavy atom. The van der Waals surface area contributed by atoms with Gasteiger partial charge in [-0.2, -0.15) is 0 Å². The van der Waals surface area contributed by atoms with Crippen molar-refractivity contribution in [3.63, 3.8) is 0 Å². The van der Waals surface area contributed by atoms with Crippen LogP contribution in [0.5, 0.6) is 0 Å². The van der Waals surface area contributed by atoms with Crippen molar-refractivity contribution in [3.05, 3.63) is 229 Å². The quantitative estimate of drug-likeness (QED) is 0.154. The molecule has 0 unspecified atom stereocenters. The molecule has 288 valence electrons. The van der Waals surface area contributed by atoms with Gasteiger partial charge in [-0.3, -0.25) is 0 Å². The third-order valence-electron chi connectivity index (χ3n) is 12.4. The first kappa shape index (κ1) is 36.2. The number of fused-ring (bicyclic) bond motifs is 11. The summed E-state index contributed by atoms with van der Waals surface area (Å²) in [6, 6.07) is 68.9. The van der Waals surface area contributed by atoms with Gasteiger partial charge in [0.1, 0.15) is 0 Å². The number of hydrogen-bond donors (Lipinski definition) is 0. The molecule has 0 spiro atoms. The molecule has 0 amide bonds. The van der Waals surface area contributed by atoms with Gasteiger partial charge in [-0.15, -0.1) is 6.58 Å². The molecule has 2 aromatic heterocycles. The summed E-state index contributed by atoms with van der Waals surface area (Å²) in [6.45, 7) is 13.7. The highest BCUT2D eigenvalue weighted by atomic mass is 15.0. The number of rotatable bonds is 5. The highest BCUT2D eigenvalue weighted by Gasteiger charge is 2.20. The zero-order chi connectivity index (χ0) is 41.2. The highest BCUT2D eigenvalue weighted by Crippen LogP contribution is 2.41. The van der Waals surface area contributed by atoms with Gasteiger partial charge in [-0.1, -0.05) is 159 Å². The predicted molar refractivity (Wildman–Crippen MR) is 262 cm³/mol. The molecule has 0 N–H and O–H groups in total. The van der Waals surface area contributed by atoms with E-state index >= 15 is 0 Å². The van der Waals surface area contributed by atoms with E-state index in [9.17, 15) is 0 Å². The Balaban J connectivity index is 0.00000136. The van der Waals surface area contributed by atoms with Gasteiger partial charge in [0.05, 0.1) is 22.1 Å². The normalized spacial score (nSPS) is 11.9. The van der Waals surface area contributed by atoms with Gasteiger partial charge in [0, 0.05) is 38.3 Å². The molecule has 0 radical (unpaired) electrons. The van der Waals surface area contributed by atoms with E-state index in [0.29, 0.717) is 0 Å². The molecule has 2 heterocycles. The molecule has 9 aromatic carbocycles. The van der Waals surface area contributed by atoms with Gasteiger partial charge in [0.15, 0.2) is 0 Å². The van der Waals surface area contributed by atoms with Crippen LogP contribution < -0.4 is 10.4 Å². The molecule has 0 saturated carbocycles. The number of hydrogen-bond acceptors (Lipinski definition) is 0. The summed E-state index contributed by atoms with van der Waals surface area (Å²) in [7, 11) is 0. The summed E-state index contributed by atoms with van der Waals surface area (Å²) in [5.74, 6) is 0. The van der Waals surface area contributed by atoms with E-state index in [1.54, 1.807) is 6.08 Å². The van der Waals surface area contributed by atoms with Gasteiger partial charge >= 0.3 is 0 Å². The van der Waals surface area contributed by atoms with Crippen LogP contribution >= 0.6 is 0 Å². The van der Waals surface area contributed by atoms with Gasteiger partial charge in [0.25, 0.3) is 0 Å². The lowest BCUT2D eigenvalue weighted by atomic mass is 9.96. The van der Waals surface area contributed by atoms with Gasteiger partial charge in [-0.25, -0.2) is 0 Å². The minimum Gasteiger partial charge on any atom is -0.309 e. The van der Waals surface area contributed by atoms with Crippen LogP contribution in [0.3, 0.4) is 0 Å². The molecular weight excluding hydrogens is 737 g/mol. The van der Waals surface area contributed by atoms with Crippen molar-refractivity contribution in [1.82, 2.24) is 9.13 Å². The van der Waals surface area contributed by atoms with Crippen LogP contribution in [0.2, 0.25) is 0 Å². The van der Waals surface area contributed by atoms with Crippen molar-refractivity contribution < 1.29 is 0 Å². The number of benzene rings is 9. The second-order valence-corrected chi connectivity index (χ2v) is 15.8. The summed E-state index contributed by atoms with van der Waals surface area (Å²) < 4.78 is 4.85. The second kappa shape index (κ2) is 14.4. The molecule has 0 fully saturated rings. The number of allylic oxidation sites excluding steroid dienone is 2. The fourth-order valence-electron chi connectivity index (χ4n) is 9.71. The Bertz CT molecular complexity index is 3690. The minimum atomic E-state index is 1.04. The number of aromatic nitrogens is 2. The van der Waals surface area contributed by atoms with Crippen LogP contribution in [-0.4, -0.2) is 9.13 Å². The Morgan fingerprint density at radius 3 is 1.85 bits per heavy atom. The van der Waals surface area contributed by atoms with Crippen LogP contribution in [0.15, 0.2) is 213 Å². The summed E-state index contributed by atoms with van der Waals surface area (Å²) in [4.78, 5) is 0. The molecule has 2 nitrogen and oxygen atoms in total. The SMILES string of the molecule is C=CC.C=CC1=c2c(cccc2=C)-c2cc(-c3ccc(-n4c5ccccc5c5cc(-c6ccc7c8ccc9ccccc9c8n(-c8ccccc8)c7c6)ccc54)cc3)ccc21. The zero-order valence-electron chi connectivity index (χ0n) is 34.1. The Hall–Kier alpha value is -7.94. The van der Waals surface area contributed by atoms with Crippen LogP contribution in [0.4, 0.5) is 0 Å². The molecule has 0 atom stereocenters. The lowest BCUT2D eigenvalue weighted by molar-refractivity contribution is 1.18. The fraction of sp³-hybridized carbons (Fsp3) is 0.0169. The van der Waals surface area contributed by atoms with E-state index in [1.165, 1.54) is 98.5 Å². The van der Waals surface area contributed by atoms with Gasteiger partial charge in [-0.05, 0) is 122 Å². The van der Waals surface area contributed by atoms with E-state index < -0.39 is 0 Å². The molecule has 1 aliphatic carbocycles. The van der Waals surface area contributed by atoms with E-state index in [1.807, 2.05) is 13.0 Å². The maximum Gasteiger partial charge on any atom is 0.0619 e. The third-order valence-corrected chi connectivity index (χ3v) is 12.4. The van der Waals surface area contributed by atoms with E-state index in [0.717, 1.165) is 22.2 Å². The molecule has 11 aromatic rings. The minimum absolute atomic E-state index is 1.04. The zero-order valence-corrected chi connectivity index (χ0v) is 34.1. The van der Waals surface area contributed by atoms with Crippen molar-refractivity contribution in [3.8, 4) is 44.8 Å². The Kier molecular flexibility index (Phi) is 8.54. The molecule has 61 heavy (non-hydrogen) atoms. The van der Waals surface area contributed by atoms with Crippen molar-refractivity contribution in [2.45, 2.75) is 6.92 Å². The van der Waals surface area contributed by atoms with Crippen LogP contribution in [-0.2, 0) is 0 Å². The average molecular weight is 779 g/mol. The molecule has 0 aliphatic heterocycles. The monoisotopic (exact) mass is 778 g/mol. The Labute approximate surface area is 355 Å². The van der Waals surface area contributed by atoms with Gasteiger partial charge < -0.3 is 9.13 Å². The van der Waals surface area contributed by atoms with E-state index in [-0.39, 0.29) is 0 Å². The maximum absolute atomic E-state index is 4.32. The van der Waals surface area contributed by atoms with Crippen LogP contribution in [0.1, 0.15) is 12.5 Å². The maximum atomic E-state index is 4.32. The van der Waals surface area contributed by atoms with Crippen molar-refractivity contribution in [2.24, 2.45) is 0 Å². The van der Waals surface area contributed by atoms with Crippen molar-refractivity contribution in [2.75, 3.05) is 0 Å². The topological polar surface area (TPSA) is 9.86 Å². The second-order valence-electron chi connectivity index (χ2n) is 15.8. The first-order valence-corrected chi connectivity index (χ1v) is 20.9. The molecule has 0 bridgehead atoms. The largest absolute Gasteiger partial charge is 0.309 e. The Morgan fingerprint density at radius 1 is 0.410 bits per heavy atom. The predicted octanol–water partition coefficient (Wildman–Crippen LogP) is 14.3. The van der Waals surface area contributed by atoms with Crippen molar-refractivity contribution in [1.29, 1.82) is 0 Å². The van der Waals surface area contributed by atoms with Crippen LogP contribution in [0, 0.1) is 0 Å². The smallest absolute Gasteiger partial charge is 0.0619 e. The molecule has 0 saturated heterocycles. The lowest BCUT2D eigenvalue weighted by Crippen LogP contribution is -2.24. The standard InChI is InChI=1S/C56H36N2.C3H6/c1-3-43-45-28-23-38(32-50(45)48-18-11-12-35(2)55(43)48)36-20-26-42(27-21-36)57-52-19-10-9-17-46(52)51-33-39(25-31-53(51)57)40-24-29-47-49-30-22-37-13-7-8-16-44(37)56(49)58(54(47)34-40)41-14-5-4-6-15-41;1-3-2/h3-34H,1-2H2;3H,1H2,2H3. The molecule has 2 heteroatoms. The van der Waals surface area contributed by atoms with E-state index in [4.69, 9.17) is 0 Å². The third kappa shape index (κ3) is 5.64. The summed E-state index contributed by atoms with van der Waals surface area (Å²) >= 11 is 0. The number of nitrogens with zero attached hydrogens (tertiary/aromatic N) is 2. The average Bonchev–Trinajstić information content (AvgIpc) is 3.95. The molecular formula is C59H42N2. The molecule has 12 rings (SSSR count). The van der Waals surface area contributed by atoms with Gasteiger partial charge in [0.2, 0.25) is 0 Å². The van der Waals surface area contributed by atoms with E-state index in [2.05, 4.69) is 217 Å². The first-order valence-electron chi connectivity index (χ1n) is 20.9. The van der Waals surface area contributed by atoms with Crippen molar-refractivity contribution >= 4 is 66.5 Å². The molecule has 1 aliphatic rings. The summed E-state index contributed by atoms with van der Waals surface area (Å²) in [6.07, 6.45) is 3.72. The summed E-state index contributed by atoms with van der Waals surface area (Å²) in [5, 5.41) is 9.74. The van der Waals surface area contributed by atoms with Crippen LogP contribution in [0.25, 0.3) is 111 Å². The lowest BCUT2D eigenvalue weighted by Gasteiger charge is -2.12. The highest BCUT2D eigenvalue weighted by molar-refractivity contribution is 6.19. The number of para-hydroxylation sites is 2. The summed E-state index contributed by atoms with van der Waals surface area (Å²) in [5.41, 5.74) is 16.8. The fourth-order valence-corrected chi connectivity index (χ4v) is 9.71. The first-order chi connectivity index (χ1) is 30.1.